The highest BCUT2D eigenvalue weighted by Gasteiger charge is 2.46. The molecule has 2 saturated heterocycles. The van der Waals surface area contributed by atoms with Crippen LogP contribution in [0.1, 0.15) is 40.4 Å². The molecule has 154 valence electrons. The van der Waals surface area contributed by atoms with Crippen LogP contribution >= 0.6 is 12.4 Å². The number of likely N-dealkylation sites (tertiary alicyclic amines) is 1. The van der Waals surface area contributed by atoms with Gasteiger partial charge in [0.1, 0.15) is 5.82 Å². The van der Waals surface area contributed by atoms with Crippen molar-refractivity contribution in [1.82, 2.24) is 10.2 Å². The van der Waals surface area contributed by atoms with E-state index in [1.807, 2.05) is 17.0 Å². The van der Waals surface area contributed by atoms with Gasteiger partial charge in [-0.25, -0.2) is 4.39 Å². The topological polar surface area (TPSA) is 49.4 Å². The Morgan fingerprint density at radius 2 is 1.79 bits per heavy atom. The van der Waals surface area contributed by atoms with Gasteiger partial charge < -0.3 is 10.2 Å². The van der Waals surface area contributed by atoms with Crippen molar-refractivity contribution in [2.45, 2.75) is 25.8 Å². The van der Waals surface area contributed by atoms with E-state index in [9.17, 15) is 14.0 Å². The Hall–Kier alpha value is -2.24. The molecule has 1 amide bonds. The van der Waals surface area contributed by atoms with Crippen LogP contribution in [0.25, 0.3) is 0 Å². The quantitative estimate of drug-likeness (QED) is 0.751. The van der Waals surface area contributed by atoms with Crippen LogP contribution in [-0.2, 0) is 4.79 Å². The van der Waals surface area contributed by atoms with Crippen molar-refractivity contribution in [1.29, 1.82) is 0 Å². The van der Waals surface area contributed by atoms with Gasteiger partial charge in [-0.05, 0) is 48.2 Å². The number of carbonyl (C=O) groups is 2. The van der Waals surface area contributed by atoms with E-state index >= 15 is 0 Å². The SMILES string of the molecule is Cc1ccccc1[C@@H]1[C@H]2CNC[C@H]2CN1C(=O)CCC(=O)c1ccc(F)cc1.Cl. The summed E-state index contributed by atoms with van der Waals surface area (Å²) < 4.78 is 13.0. The lowest BCUT2D eigenvalue weighted by molar-refractivity contribution is -0.132. The van der Waals surface area contributed by atoms with Gasteiger partial charge in [-0.1, -0.05) is 24.3 Å². The minimum atomic E-state index is -0.370. The first-order chi connectivity index (χ1) is 13.5. The number of hydrogen-bond donors (Lipinski definition) is 1. The summed E-state index contributed by atoms with van der Waals surface area (Å²) in [7, 11) is 0. The number of Topliss-reactive ketones (excluding diaryl/α,β-unsaturated/α-hetero) is 1. The molecule has 0 saturated carbocycles. The zero-order chi connectivity index (χ0) is 19.7. The highest BCUT2D eigenvalue weighted by molar-refractivity contribution is 5.98. The predicted molar refractivity (Wildman–Crippen MR) is 113 cm³/mol. The maximum Gasteiger partial charge on any atom is 0.223 e. The molecule has 0 aliphatic carbocycles. The first-order valence-corrected chi connectivity index (χ1v) is 9.89. The van der Waals surface area contributed by atoms with E-state index in [0.29, 0.717) is 17.4 Å². The summed E-state index contributed by atoms with van der Waals surface area (Å²) in [5.41, 5.74) is 2.85. The fraction of sp³-hybridized carbons (Fsp3) is 0.391. The molecule has 0 unspecified atom stereocenters. The second-order valence-electron chi connectivity index (χ2n) is 7.86. The lowest BCUT2D eigenvalue weighted by atomic mass is 9.87. The van der Waals surface area contributed by atoms with Gasteiger partial charge in [-0.15, -0.1) is 12.4 Å². The first-order valence-electron chi connectivity index (χ1n) is 9.89. The summed E-state index contributed by atoms with van der Waals surface area (Å²) in [5, 5.41) is 3.46. The molecule has 29 heavy (non-hydrogen) atoms. The van der Waals surface area contributed by atoms with Crippen LogP contribution in [0.4, 0.5) is 4.39 Å². The van der Waals surface area contributed by atoms with E-state index < -0.39 is 0 Å². The molecule has 1 N–H and O–H groups in total. The van der Waals surface area contributed by atoms with Crippen molar-refractivity contribution in [3.05, 3.63) is 71.0 Å². The van der Waals surface area contributed by atoms with Crippen molar-refractivity contribution in [3.63, 3.8) is 0 Å². The summed E-state index contributed by atoms with van der Waals surface area (Å²) >= 11 is 0. The van der Waals surface area contributed by atoms with Crippen molar-refractivity contribution in [3.8, 4) is 0 Å². The molecular weight excluding hydrogens is 391 g/mol. The van der Waals surface area contributed by atoms with Crippen molar-refractivity contribution in [2.75, 3.05) is 19.6 Å². The molecular formula is C23H26ClFN2O2. The Labute approximate surface area is 176 Å². The Morgan fingerprint density at radius 1 is 1.07 bits per heavy atom. The lowest BCUT2D eigenvalue weighted by Crippen LogP contribution is -2.35. The van der Waals surface area contributed by atoms with Crippen LogP contribution in [0.15, 0.2) is 48.5 Å². The van der Waals surface area contributed by atoms with E-state index in [0.717, 1.165) is 19.6 Å². The molecule has 0 radical (unpaired) electrons. The number of nitrogens with one attached hydrogen (secondary N) is 1. The average Bonchev–Trinajstić information content (AvgIpc) is 3.28. The smallest absolute Gasteiger partial charge is 0.223 e. The normalized spacial score (nSPS) is 22.8. The largest absolute Gasteiger partial charge is 0.335 e. The molecule has 3 atom stereocenters. The van der Waals surface area contributed by atoms with Gasteiger partial charge in [0.25, 0.3) is 0 Å². The van der Waals surface area contributed by atoms with Crippen molar-refractivity contribution < 1.29 is 14.0 Å². The second-order valence-corrected chi connectivity index (χ2v) is 7.86. The van der Waals surface area contributed by atoms with Gasteiger partial charge in [0.05, 0.1) is 6.04 Å². The molecule has 2 aromatic rings. The van der Waals surface area contributed by atoms with Crippen LogP contribution in [0.2, 0.25) is 0 Å². The number of aryl methyl sites for hydroxylation is 1. The van der Waals surface area contributed by atoms with Gasteiger partial charge in [0.15, 0.2) is 5.78 Å². The van der Waals surface area contributed by atoms with E-state index in [2.05, 4.69) is 24.4 Å². The number of carbonyl (C=O) groups excluding carboxylic acids is 2. The highest BCUT2D eigenvalue weighted by Crippen LogP contribution is 2.43. The Kier molecular flexibility index (Phi) is 6.70. The molecule has 2 fully saturated rings. The number of ketones is 1. The fourth-order valence-corrected chi connectivity index (χ4v) is 4.64. The first kappa shape index (κ1) is 21.5. The average molecular weight is 417 g/mol. The van der Waals surface area contributed by atoms with Crippen molar-refractivity contribution in [2.24, 2.45) is 11.8 Å². The molecule has 4 rings (SSSR count). The molecule has 0 aromatic heterocycles. The molecule has 2 aliphatic heterocycles. The molecule has 4 nitrogen and oxygen atoms in total. The van der Waals surface area contributed by atoms with Gasteiger partial charge in [0, 0.05) is 44.0 Å². The summed E-state index contributed by atoms with van der Waals surface area (Å²) in [5.74, 6) is 0.407. The van der Waals surface area contributed by atoms with Crippen LogP contribution in [0, 0.1) is 24.6 Å². The fourth-order valence-electron chi connectivity index (χ4n) is 4.64. The highest BCUT2D eigenvalue weighted by atomic mass is 35.5. The predicted octanol–water partition coefficient (Wildman–Crippen LogP) is 3.94. The maximum absolute atomic E-state index is 13.1. The van der Waals surface area contributed by atoms with Crippen molar-refractivity contribution >= 4 is 24.1 Å². The summed E-state index contributed by atoms with van der Waals surface area (Å²) in [4.78, 5) is 27.4. The third-order valence-electron chi connectivity index (χ3n) is 6.12. The van der Waals surface area contributed by atoms with Crippen LogP contribution in [-0.4, -0.2) is 36.2 Å². The zero-order valence-corrected chi connectivity index (χ0v) is 17.3. The third kappa shape index (κ3) is 4.36. The molecule has 6 heteroatoms. The summed E-state index contributed by atoms with van der Waals surface area (Å²) in [6.45, 7) is 4.68. The number of rotatable bonds is 5. The second kappa shape index (κ2) is 9.06. The Bertz CT molecular complexity index is 887. The van der Waals surface area contributed by atoms with Gasteiger partial charge >= 0.3 is 0 Å². The Balaban J connectivity index is 0.00000240. The van der Waals surface area contributed by atoms with E-state index in [-0.39, 0.29) is 48.8 Å². The van der Waals surface area contributed by atoms with Gasteiger partial charge in [-0.2, -0.15) is 0 Å². The van der Waals surface area contributed by atoms with E-state index in [1.54, 1.807) is 0 Å². The standard InChI is InChI=1S/C23H25FN2O2.ClH/c1-15-4-2-3-5-19(15)23-20-13-25-12-17(20)14-26(23)22(28)11-10-21(27)16-6-8-18(24)9-7-16;/h2-9,17,20,23,25H,10-14H2,1H3;1H/t17-,20-,23+;/m0./s1. The molecule has 2 heterocycles. The third-order valence-corrected chi connectivity index (χ3v) is 6.12. The number of amides is 1. The molecule has 0 spiro atoms. The number of halogens is 2. The lowest BCUT2D eigenvalue weighted by Gasteiger charge is -2.29. The van der Waals surface area contributed by atoms with Gasteiger partial charge in [-0.3, -0.25) is 9.59 Å². The van der Waals surface area contributed by atoms with Crippen LogP contribution in [0.5, 0.6) is 0 Å². The van der Waals surface area contributed by atoms with Crippen LogP contribution in [0.3, 0.4) is 0 Å². The zero-order valence-electron chi connectivity index (χ0n) is 16.4. The summed E-state index contributed by atoms with van der Waals surface area (Å²) in [6.07, 6.45) is 0.334. The number of hydrogen-bond acceptors (Lipinski definition) is 3. The molecule has 0 bridgehead atoms. The minimum absolute atomic E-state index is 0. The molecule has 2 aliphatic rings. The number of nitrogens with zero attached hydrogens (tertiary/aromatic N) is 1. The number of benzene rings is 2. The monoisotopic (exact) mass is 416 g/mol. The Morgan fingerprint density at radius 3 is 2.52 bits per heavy atom. The maximum atomic E-state index is 13.1. The van der Waals surface area contributed by atoms with E-state index in [4.69, 9.17) is 0 Å². The van der Waals surface area contributed by atoms with Gasteiger partial charge in [0.2, 0.25) is 5.91 Å². The van der Waals surface area contributed by atoms with Crippen LogP contribution < -0.4 is 5.32 Å². The number of fused-ring (bicyclic) bond motifs is 1. The summed E-state index contributed by atoms with van der Waals surface area (Å²) in [6, 6.07) is 13.8. The van der Waals surface area contributed by atoms with E-state index in [1.165, 1.54) is 35.4 Å². The minimum Gasteiger partial charge on any atom is -0.335 e. The molecule has 2 aromatic carbocycles.